The molecule has 0 aliphatic carbocycles. The van der Waals surface area contributed by atoms with Crippen molar-refractivity contribution in [2.24, 2.45) is 17.8 Å². The molecular formula is C15H24O4. The number of ether oxygens (including phenoxy) is 1. The molecular weight excluding hydrogens is 244 g/mol. The Morgan fingerprint density at radius 2 is 2.00 bits per heavy atom. The Labute approximate surface area is 114 Å². The summed E-state index contributed by atoms with van der Waals surface area (Å²) in [5.41, 5.74) is 0. The molecule has 2 rings (SSSR count). The maximum absolute atomic E-state index is 10.6. The van der Waals surface area contributed by atoms with Crippen LogP contribution in [0.15, 0.2) is 12.2 Å². The van der Waals surface area contributed by atoms with Gasteiger partial charge >= 0.3 is 5.97 Å². The minimum atomic E-state index is -0.734. The third kappa shape index (κ3) is 3.57. The Morgan fingerprint density at radius 1 is 1.32 bits per heavy atom. The van der Waals surface area contributed by atoms with Gasteiger partial charge in [0.2, 0.25) is 0 Å². The Kier molecular flexibility index (Phi) is 4.99. The first-order valence-corrected chi connectivity index (χ1v) is 7.25. The molecule has 4 heteroatoms. The van der Waals surface area contributed by atoms with E-state index in [0.717, 1.165) is 25.7 Å². The summed E-state index contributed by atoms with van der Waals surface area (Å²) < 4.78 is 5.85. The van der Waals surface area contributed by atoms with Crippen molar-refractivity contribution >= 4 is 5.97 Å². The van der Waals surface area contributed by atoms with Crippen LogP contribution in [0.2, 0.25) is 0 Å². The number of hydrogen-bond acceptors (Lipinski definition) is 3. The summed E-state index contributed by atoms with van der Waals surface area (Å²) in [5.74, 6) is 0.177. The van der Waals surface area contributed by atoms with Crippen molar-refractivity contribution in [1.29, 1.82) is 0 Å². The molecule has 2 heterocycles. The molecule has 108 valence electrons. The van der Waals surface area contributed by atoms with Crippen LogP contribution < -0.4 is 0 Å². The van der Waals surface area contributed by atoms with E-state index >= 15 is 0 Å². The summed E-state index contributed by atoms with van der Waals surface area (Å²) >= 11 is 0. The van der Waals surface area contributed by atoms with E-state index in [1.165, 1.54) is 0 Å². The topological polar surface area (TPSA) is 66.8 Å². The molecule has 19 heavy (non-hydrogen) atoms. The number of hydrogen-bond donors (Lipinski definition) is 2. The second kappa shape index (κ2) is 6.53. The molecule has 5 atom stereocenters. The third-order valence-electron chi connectivity index (χ3n) is 4.44. The van der Waals surface area contributed by atoms with Gasteiger partial charge in [-0.15, -0.1) is 0 Å². The van der Waals surface area contributed by atoms with Gasteiger partial charge < -0.3 is 14.9 Å². The molecule has 0 radical (unpaired) electrons. The fourth-order valence-corrected chi connectivity index (χ4v) is 3.41. The molecule has 2 bridgehead atoms. The number of aliphatic hydroxyl groups excluding tert-OH is 1. The number of carboxylic acids is 1. The van der Waals surface area contributed by atoms with Crippen LogP contribution in [-0.4, -0.2) is 35.0 Å². The highest BCUT2D eigenvalue weighted by Gasteiger charge is 2.47. The minimum Gasteiger partial charge on any atom is -0.481 e. The summed E-state index contributed by atoms with van der Waals surface area (Å²) in [5, 5.41) is 18.1. The number of carboxylic acid groups (broad SMARTS) is 1. The molecule has 0 aromatic carbocycles. The molecule has 2 aliphatic heterocycles. The van der Waals surface area contributed by atoms with Crippen LogP contribution in [-0.2, 0) is 9.53 Å². The first kappa shape index (κ1) is 14.5. The fraction of sp³-hybridized carbons (Fsp3) is 0.800. The largest absolute Gasteiger partial charge is 0.481 e. The molecule has 0 aromatic heterocycles. The predicted octanol–water partition coefficient (Wildman–Crippen LogP) is 2.22. The maximum atomic E-state index is 10.6. The lowest BCUT2D eigenvalue weighted by atomic mass is 9.78. The monoisotopic (exact) mass is 268 g/mol. The minimum absolute atomic E-state index is 0.179. The van der Waals surface area contributed by atoms with Crippen molar-refractivity contribution in [2.75, 3.05) is 6.61 Å². The van der Waals surface area contributed by atoms with Gasteiger partial charge in [-0.25, -0.2) is 0 Å². The zero-order valence-corrected chi connectivity index (χ0v) is 11.5. The Balaban J connectivity index is 1.74. The lowest BCUT2D eigenvalue weighted by Crippen LogP contribution is -2.29. The average Bonchev–Trinajstić information content (AvgIpc) is 2.93. The van der Waals surface area contributed by atoms with Crippen LogP contribution >= 0.6 is 0 Å². The van der Waals surface area contributed by atoms with Gasteiger partial charge in [0.25, 0.3) is 0 Å². The quantitative estimate of drug-likeness (QED) is 0.695. The zero-order valence-electron chi connectivity index (χ0n) is 11.5. The number of allylic oxidation sites excluding steroid dienone is 2. The van der Waals surface area contributed by atoms with Crippen LogP contribution in [0.25, 0.3) is 0 Å². The molecule has 2 fully saturated rings. The number of aliphatic carboxylic acids is 1. The van der Waals surface area contributed by atoms with Crippen molar-refractivity contribution in [2.45, 2.75) is 51.2 Å². The second-order valence-corrected chi connectivity index (χ2v) is 5.95. The highest BCUT2D eigenvalue weighted by Crippen LogP contribution is 2.44. The number of rotatable bonds is 7. The molecule has 0 saturated carbocycles. The Morgan fingerprint density at radius 3 is 2.63 bits per heavy atom. The summed E-state index contributed by atoms with van der Waals surface area (Å²) in [6, 6.07) is 0. The normalized spacial score (nSPS) is 35.1. The van der Waals surface area contributed by atoms with Crippen LogP contribution in [0.3, 0.4) is 0 Å². The third-order valence-corrected chi connectivity index (χ3v) is 4.44. The maximum Gasteiger partial charge on any atom is 0.303 e. The van der Waals surface area contributed by atoms with E-state index < -0.39 is 5.97 Å². The van der Waals surface area contributed by atoms with Crippen molar-refractivity contribution in [1.82, 2.24) is 0 Å². The van der Waals surface area contributed by atoms with Crippen molar-refractivity contribution in [3.8, 4) is 0 Å². The van der Waals surface area contributed by atoms with Crippen LogP contribution in [0.4, 0.5) is 0 Å². The highest BCUT2D eigenvalue weighted by atomic mass is 16.5. The van der Waals surface area contributed by atoms with Crippen molar-refractivity contribution in [3.63, 3.8) is 0 Å². The van der Waals surface area contributed by atoms with E-state index in [9.17, 15) is 9.90 Å². The molecule has 0 amide bonds. The van der Waals surface area contributed by atoms with E-state index in [1.807, 2.05) is 6.92 Å². The SMILES string of the molecule is C[C@H](CC=CC[C@H]1C(CO)[C@H]2CC[C@@H]1O2)CC(=O)O. The lowest BCUT2D eigenvalue weighted by molar-refractivity contribution is -0.137. The molecule has 4 nitrogen and oxygen atoms in total. The number of carbonyl (C=O) groups is 1. The van der Waals surface area contributed by atoms with Gasteiger partial charge in [-0.2, -0.15) is 0 Å². The van der Waals surface area contributed by atoms with Gasteiger partial charge in [-0.1, -0.05) is 19.1 Å². The molecule has 2 N–H and O–H groups in total. The van der Waals surface area contributed by atoms with Gasteiger partial charge in [-0.3, -0.25) is 4.79 Å². The predicted molar refractivity (Wildman–Crippen MR) is 71.8 cm³/mol. The van der Waals surface area contributed by atoms with Crippen LogP contribution in [0.5, 0.6) is 0 Å². The van der Waals surface area contributed by atoms with Gasteiger partial charge in [0, 0.05) is 18.9 Å². The standard InChI is InChI=1S/C15H24O4/c1-10(8-15(17)18)4-2-3-5-11-12(9-16)14-7-6-13(11)19-14/h2-3,10-14,16H,4-9H2,1H3,(H,17,18)/t10-,11+,12?,13+,14-/m1/s1. The van der Waals surface area contributed by atoms with E-state index in [-0.39, 0.29) is 25.0 Å². The molecule has 2 saturated heterocycles. The van der Waals surface area contributed by atoms with E-state index in [1.54, 1.807) is 0 Å². The molecule has 2 aliphatic rings. The summed E-state index contributed by atoms with van der Waals surface area (Å²) in [6.45, 7) is 2.17. The van der Waals surface area contributed by atoms with E-state index in [2.05, 4.69) is 12.2 Å². The van der Waals surface area contributed by atoms with E-state index in [4.69, 9.17) is 9.84 Å². The summed E-state index contributed by atoms with van der Waals surface area (Å²) in [7, 11) is 0. The molecule has 0 spiro atoms. The van der Waals surface area contributed by atoms with Gasteiger partial charge in [0.1, 0.15) is 0 Å². The molecule has 0 aromatic rings. The number of fused-ring (bicyclic) bond motifs is 2. The lowest BCUT2D eigenvalue weighted by Gasteiger charge is -2.25. The highest BCUT2D eigenvalue weighted by molar-refractivity contribution is 5.66. The Hall–Kier alpha value is -0.870. The van der Waals surface area contributed by atoms with Gasteiger partial charge in [-0.05, 0) is 37.5 Å². The Bertz CT molecular complexity index is 339. The first-order valence-electron chi connectivity index (χ1n) is 7.25. The van der Waals surface area contributed by atoms with Crippen LogP contribution in [0.1, 0.15) is 39.0 Å². The van der Waals surface area contributed by atoms with E-state index in [0.29, 0.717) is 17.9 Å². The smallest absolute Gasteiger partial charge is 0.303 e. The fourth-order valence-electron chi connectivity index (χ4n) is 3.41. The zero-order chi connectivity index (χ0) is 13.8. The number of aliphatic hydroxyl groups is 1. The summed E-state index contributed by atoms with van der Waals surface area (Å²) in [6.07, 6.45) is 8.97. The van der Waals surface area contributed by atoms with Crippen molar-refractivity contribution in [3.05, 3.63) is 12.2 Å². The van der Waals surface area contributed by atoms with Crippen LogP contribution in [0, 0.1) is 17.8 Å². The molecule has 1 unspecified atom stereocenters. The first-order chi connectivity index (χ1) is 9.11. The summed E-state index contributed by atoms with van der Waals surface area (Å²) in [4.78, 5) is 10.6. The van der Waals surface area contributed by atoms with Crippen molar-refractivity contribution < 1.29 is 19.7 Å². The second-order valence-electron chi connectivity index (χ2n) is 5.95. The van der Waals surface area contributed by atoms with Gasteiger partial charge in [0.15, 0.2) is 0 Å². The average molecular weight is 268 g/mol. The van der Waals surface area contributed by atoms with Gasteiger partial charge in [0.05, 0.1) is 12.2 Å².